The summed E-state index contributed by atoms with van der Waals surface area (Å²) in [7, 11) is 4.27. The Balaban J connectivity index is 1.29. The third-order valence-corrected chi connectivity index (χ3v) is 13.6. The summed E-state index contributed by atoms with van der Waals surface area (Å²) in [5, 5.41) is 80.2. The molecule has 0 heterocycles. The summed E-state index contributed by atoms with van der Waals surface area (Å²) in [6.45, 7) is 5.66. The summed E-state index contributed by atoms with van der Waals surface area (Å²) in [5.74, 6) is -2.49. The van der Waals surface area contributed by atoms with Crippen LogP contribution in [0.2, 0.25) is 0 Å². The Morgan fingerprint density at radius 1 is 0.886 bits per heavy atom. The first-order chi connectivity index (χ1) is 20.7. The molecule has 9 heteroatoms. The van der Waals surface area contributed by atoms with Gasteiger partial charge in [0.1, 0.15) is 11.4 Å². The Labute approximate surface area is 264 Å². The molecular weight excluding hydrogens is 562 g/mol. The first-order valence-electron chi connectivity index (χ1n) is 17.6. The molecule has 0 spiro atoms. The molecule has 0 radical (unpaired) electrons. The van der Waals surface area contributed by atoms with Gasteiger partial charge in [0.25, 0.3) is 0 Å². The predicted octanol–water partition coefficient (Wildman–Crippen LogP) is 1.96. The van der Waals surface area contributed by atoms with E-state index in [9.17, 15) is 40.5 Å². The van der Waals surface area contributed by atoms with E-state index >= 15 is 0 Å². The summed E-state index contributed by atoms with van der Waals surface area (Å²) in [6, 6.07) is 0.626. The van der Waals surface area contributed by atoms with Crippen molar-refractivity contribution in [1.82, 2.24) is 4.90 Å². The van der Waals surface area contributed by atoms with Crippen LogP contribution in [-0.4, -0.2) is 109 Å². The summed E-state index contributed by atoms with van der Waals surface area (Å²) < 4.78 is 0. The SMILES string of the molecule is CC(=O)C1C(O)C[C@@H]2C[C@@H]3CC4C(C(C)C)CC(CCC(O)CC5CCC(N(C)C)CC5)C(O)C4C(O)C3C(O)[C@]2(O)C1O. The van der Waals surface area contributed by atoms with E-state index in [4.69, 9.17) is 0 Å². The zero-order valence-corrected chi connectivity index (χ0v) is 27.6. The van der Waals surface area contributed by atoms with E-state index in [1.54, 1.807) is 0 Å². The van der Waals surface area contributed by atoms with Crippen LogP contribution in [0.15, 0.2) is 0 Å². The second kappa shape index (κ2) is 13.5. The molecule has 44 heavy (non-hydrogen) atoms. The van der Waals surface area contributed by atoms with Crippen LogP contribution in [0, 0.1) is 59.2 Å². The number of nitrogens with zero attached hydrogens (tertiary/aromatic N) is 1. The van der Waals surface area contributed by atoms with Gasteiger partial charge in [-0.2, -0.15) is 0 Å². The molecule has 0 aromatic heterocycles. The number of hydrogen-bond donors (Lipinski definition) is 7. The molecule has 0 aromatic carbocycles. The third-order valence-electron chi connectivity index (χ3n) is 13.6. The average Bonchev–Trinajstić information content (AvgIpc) is 2.94. The smallest absolute Gasteiger partial charge is 0.138 e. The highest BCUT2D eigenvalue weighted by atomic mass is 16.4. The quantitative estimate of drug-likeness (QED) is 0.214. The number of aliphatic hydroxyl groups is 7. The molecule has 9 nitrogen and oxygen atoms in total. The highest BCUT2D eigenvalue weighted by molar-refractivity contribution is 5.80. The Kier molecular flexibility index (Phi) is 10.6. The number of rotatable bonds is 8. The second-order valence-corrected chi connectivity index (χ2v) is 16.5. The molecule has 12 unspecified atom stereocenters. The van der Waals surface area contributed by atoms with Crippen molar-refractivity contribution in [1.29, 1.82) is 0 Å². The number of fused-ring (bicyclic) bond motifs is 3. The summed E-state index contributed by atoms with van der Waals surface area (Å²) in [5.41, 5.74) is -2.02. The van der Waals surface area contributed by atoms with Crippen LogP contribution in [0.25, 0.3) is 0 Å². The molecule has 0 saturated heterocycles. The molecule has 5 aliphatic rings. The largest absolute Gasteiger partial charge is 0.393 e. The Morgan fingerprint density at radius 3 is 2.14 bits per heavy atom. The fourth-order valence-electron chi connectivity index (χ4n) is 11.1. The monoisotopic (exact) mass is 623 g/mol. The second-order valence-electron chi connectivity index (χ2n) is 16.5. The molecule has 0 aliphatic heterocycles. The highest BCUT2D eigenvalue weighted by Gasteiger charge is 2.67. The fraction of sp³-hybridized carbons (Fsp3) is 0.971. The molecule has 5 rings (SSSR count). The van der Waals surface area contributed by atoms with E-state index < -0.39 is 71.7 Å². The van der Waals surface area contributed by atoms with Crippen molar-refractivity contribution < 1.29 is 40.5 Å². The lowest BCUT2D eigenvalue weighted by Crippen LogP contribution is -2.73. The molecule has 0 amide bonds. The first kappa shape index (κ1) is 34.7. The number of aliphatic hydroxyl groups excluding tert-OH is 6. The predicted molar refractivity (Wildman–Crippen MR) is 166 cm³/mol. The Hall–Kier alpha value is -0.650. The molecule has 5 saturated carbocycles. The molecule has 254 valence electrons. The van der Waals surface area contributed by atoms with Gasteiger partial charge < -0.3 is 40.6 Å². The van der Waals surface area contributed by atoms with Crippen molar-refractivity contribution in [3.8, 4) is 0 Å². The molecule has 15 atom stereocenters. The van der Waals surface area contributed by atoms with E-state index in [0.29, 0.717) is 43.6 Å². The molecule has 0 bridgehead atoms. The summed E-state index contributed by atoms with van der Waals surface area (Å²) in [4.78, 5) is 14.6. The van der Waals surface area contributed by atoms with Crippen LogP contribution in [0.1, 0.15) is 91.4 Å². The third kappa shape index (κ3) is 6.18. The van der Waals surface area contributed by atoms with E-state index in [1.165, 1.54) is 19.8 Å². The zero-order chi connectivity index (χ0) is 32.2. The molecular formula is C35H61NO8. The van der Waals surface area contributed by atoms with Crippen LogP contribution >= 0.6 is 0 Å². The van der Waals surface area contributed by atoms with Crippen molar-refractivity contribution in [2.45, 2.75) is 140 Å². The van der Waals surface area contributed by atoms with Gasteiger partial charge in [-0.1, -0.05) is 13.8 Å². The Morgan fingerprint density at radius 2 is 1.55 bits per heavy atom. The number of hydrogen-bond acceptors (Lipinski definition) is 9. The molecule has 0 aromatic rings. The van der Waals surface area contributed by atoms with Crippen LogP contribution in [0.4, 0.5) is 0 Å². The molecule has 7 N–H and O–H groups in total. The van der Waals surface area contributed by atoms with Gasteiger partial charge in [-0.05, 0) is 133 Å². The van der Waals surface area contributed by atoms with E-state index in [2.05, 4.69) is 32.8 Å². The van der Waals surface area contributed by atoms with Crippen molar-refractivity contribution in [2.75, 3.05) is 14.1 Å². The fourth-order valence-corrected chi connectivity index (χ4v) is 11.1. The topological polar surface area (TPSA) is 162 Å². The number of carbonyl (C=O) groups is 1. The van der Waals surface area contributed by atoms with Crippen molar-refractivity contribution in [3.63, 3.8) is 0 Å². The molecule has 5 aliphatic carbocycles. The Bertz CT molecular complexity index is 986. The maximum absolute atomic E-state index is 12.3. The minimum absolute atomic E-state index is 0.0519. The first-order valence-corrected chi connectivity index (χ1v) is 17.6. The number of carbonyl (C=O) groups excluding carboxylic acids is 1. The van der Waals surface area contributed by atoms with Gasteiger partial charge in [-0.25, -0.2) is 0 Å². The number of ketones is 1. The minimum atomic E-state index is -2.02. The lowest BCUT2D eigenvalue weighted by molar-refractivity contribution is -0.288. The van der Waals surface area contributed by atoms with Gasteiger partial charge in [0.2, 0.25) is 0 Å². The van der Waals surface area contributed by atoms with E-state index in [-0.39, 0.29) is 30.1 Å². The van der Waals surface area contributed by atoms with Crippen LogP contribution in [-0.2, 0) is 4.79 Å². The van der Waals surface area contributed by atoms with E-state index in [1.807, 2.05) is 0 Å². The maximum atomic E-state index is 12.3. The van der Waals surface area contributed by atoms with Crippen LogP contribution < -0.4 is 0 Å². The lowest BCUT2D eigenvalue weighted by Gasteiger charge is -2.62. The lowest BCUT2D eigenvalue weighted by atomic mass is 9.46. The zero-order valence-electron chi connectivity index (χ0n) is 27.6. The minimum Gasteiger partial charge on any atom is -0.393 e. The summed E-state index contributed by atoms with van der Waals surface area (Å²) in [6.07, 6.45) is 2.25. The van der Waals surface area contributed by atoms with Gasteiger partial charge in [0.15, 0.2) is 0 Å². The highest BCUT2D eigenvalue weighted by Crippen LogP contribution is 2.59. The van der Waals surface area contributed by atoms with Gasteiger partial charge >= 0.3 is 0 Å². The van der Waals surface area contributed by atoms with E-state index in [0.717, 1.165) is 25.7 Å². The van der Waals surface area contributed by atoms with Crippen LogP contribution in [0.3, 0.4) is 0 Å². The van der Waals surface area contributed by atoms with Crippen LogP contribution in [0.5, 0.6) is 0 Å². The maximum Gasteiger partial charge on any atom is 0.138 e. The van der Waals surface area contributed by atoms with Gasteiger partial charge in [-0.15, -0.1) is 0 Å². The van der Waals surface area contributed by atoms with Crippen molar-refractivity contribution in [2.24, 2.45) is 59.2 Å². The van der Waals surface area contributed by atoms with Crippen molar-refractivity contribution in [3.05, 3.63) is 0 Å². The standard InChI is InChI=1S/C35H61NO8/c1-17(2)25-14-20(8-11-24(38)12-19-6-9-23(10-7-19)36(4)5)31(40)30-26(25)15-21-13-22-16-27(39)28(18(3)37)33(42)35(22,44)34(43)29(21)32(30)41/h17,19-34,38-44H,6-16H2,1-5H3/t19?,20?,21-,22+,23?,24?,25?,26?,27?,28?,29?,30?,31?,32?,33?,34?,35-/m1/s1. The summed E-state index contributed by atoms with van der Waals surface area (Å²) >= 11 is 0. The molecule has 5 fully saturated rings. The normalized spacial score (nSPS) is 50.1. The van der Waals surface area contributed by atoms with Gasteiger partial charge in [0, 0.05) is 17.9 Å². The number of Topliss-reactive ketones (excluding diaryl/α,β-unsaturated/α-hetero) is 1. The van der Waals surface area contributed by atoms with Crippen molar-refractivity contribution >= 4 is 5.78 Å². The average molecular weight is 624 g/mol. The van der Waals surface area contributed by atoms with Gasteiger partial charge in [-0.3, -0.25) is 4.79 Å². The van der Waals surface area contributed by atoms with Gasteiger partial charge in [0.05, 0.1) is 42.5 Å².